The van der Waals surface area contributed by atoms with E-state index < -0.39 is 5.97 Å². The first-order valence-corrected chi connectivity index (χ1v) is 8.33. The molecule has 1 amide bonds. The van der Waals surface area contributed by atoms with Crippen LogP contribution in [0.4, 0.5) is 0 Å². The predicted octanol–water partition coefficient (Wildman–Crippen LogP) is 1.72. The van der Waals surface area contributed by atoms with E-state index in [1.165, 1.54) is 0 Å². The van der Waals surface area contributed by atoms with E-state index in [0.717, 1.165) is 12.0 Å². The number of ether oxygens (including phenoxy) is 2. The van der Waals surface area contributed by atoms with Gasteiger partial charge in [-0.3, -0.25) is 4.79 Å². The third-order valence-corrected chi connectivity index (χ3v) is 4.66. The number of nitrogens with zero attached hydrogens (tertiary/aromatic N) is 1. The number of carbonyl (C=O) groups excluding carboxylic acids is 1. The molecule has 2 saturated heterocycles. The van der Waals surface area contributed by atoms with Crippen molar-refractivity contribution in [2.45, 2.75) is 37.9 Å². The zero-order valence-electron chi connectivity index (χ0n) is 13.9. The average Bonchev–Trinajstić information content (AvgIpc) is 2.99. The maximum Gasteiger partial charge on any atom is 0.335 e. The highest BCUT2D eigenvalue weighted by Crippen LogP contribution is 2.30. The summed E-state index contributed by atoms with van der Waals surface area (Å²) in [6, 6.07) is 6.68. The number of aryl methyl sites for hydroxylation is 1. The van der Waals surface area contributed by atoms with Gasteiger partial charge in [0.05, 0.1) is 24.8 Å². The molecular weight excluding hydrogens is 310 g/mol. The molecule has 3 rings (SSSR count). The first kappa shape index (κ1) is 16.9. The average molecular weight is 333 g/mol. The van der Waals surface area contributed by atoms with Gasteiger partial charge in [-0.05, 0) is 31.0 Å². The quantitative estimate of drug-likeness (QED) is 0.908. The zero-order valence-corrected chi connectivity index (χ0v) is 13.9. The lowest BCUT2D eigenvalue weighted by atomic mass is 9.98. The Hall–Kier alpha value is -1.92. The molecule has 6 heteroatoms. The van der Waals surface area contributed by atoms with Crippen molar-refractivity contribution in [1.82, 2.24) is 4.90 Å². The molecule has 1 spiro atoms. The molecule has 2 aliphatic heterocycles. The summed E-state index contributed by atoms with van der Waals surface area (Å²) in [5.74, 6) is -0.831. The van der Waals surface area contributed by atoms with Gasteiger partial charge in [0.15, 0.2) is 0 Å². The maximum absolute atomic E-state index is 12.6. The zero-order chi connectivity index (χ0) is 17.2. The van der Waals surface area contributed by atoms with E-state index in [-0.39, 0.29) is 23.2 Å². The Bertz CT molecular complexity index is 606. The van der Waals surface area contributed by atoms with Crippen LogP contribution >= 0.6 is 0 Å². The number of morpholine rings is 1. The number of carbonyl (C=O) groups is 2. The predicted molar refractivity (Wildman–Crippen MR) is 87.0 cm³/mol. The van der Waals surface area contributed by atoms with Crippen molar-refractivity contribution in [1.29, 1.82) is 0 Å². The Balaban J connectivity index is 1.57. The van der Waals surface area contributed by atoms with Crippen LogP contribution < -0.4 is 0 Å². The second kappa shape index (κ2) is 6.91. The Morgan fingerprint density at radius 2 is 2.08 bits per heavy atom. The fourth-order valence-corrected chi connectivity index (χ4v) is 3.44. The van der Waals surface area contributed by atoms with Crippen LogP contribution in [-0.4, -0.2) is 59.9 Å². The standard InChI is InChI=1S/C18H23NO5/c1-13-10-19(11-18(24-13)8-9-23-12-18)16(20)7-4-14-2-5-15(6-3-14)17(21)22/h2-3,5-6,13H,4,7-12H2,1H3,(H,21,22)/t13-,18+/m0/s1. The first-order chi connectivity index (χ1) is 11.5. The highest BCUT2D eigenvalue weighted by Gasteiger charge is 2.43. The lowest BCUT2D eigenvalue weighted by molar-refractivity contribution is -0.166. The number of aromatic carboxylic acids is 1. The molecule has 0 radical (unpaired) electrons. The van der Waals surface area contributed by atoms with E-state index in [1.54, 1.807) is 24.3 Å². The van der Waals surface area contributed by atoms with Gasteiger partial charge in [-0.2, -0.15) is 0 Å². The smallest absolute Gasteiger partial charge is 0.335 e. The lowest BCUT2D eigenvalue weighted by Gasteiger charge is -2.42. The molecule has 2 aliphatic rings. The van der Waals surface area contributed by atoms with Crippen molar-refractivity contribution in [2.75, 3.05) is 26.3 Å². The molecule has 0 aliphatic carbocycles. The van der Waals surface area contributed by atoms with Crippen LogP contribution in [0.15, 0.2) is 24.3 Å². The van der Waals surface area contributed by atoms with Gasteiger partial charge in [0.25, 0.3) is 0 Å². The van der Waals surface area contributed by atoms with E-state index in [4.69, 9.17) is 14.6 Å². The summed E-state index contributed by atoms with van der Waals surface area (Å²) in [5.41, 5.74) is 0.889. The van der Waals surface area contributed by atoms with E-state index in [0.29, 0.717) is 39.1 Å². The number of hydrogen-bond acceptors (Lipinski definition) is 4. The highest BCUT2D eigenvalue weighted by atomic mass is 16.6. The molecule has 0 aromatic heterocycles. The van der Waals surface area contributed by atoms with Crippen molar-refractivity contribution in [2.24, 2.45) is 0 Å². The SMILES string of the molecule is C[C@H]1CN(C(=O)CCc2ccc(C(=O)O)cc2)C[C@@]2(CCOC2)O1. The summed E-state index contributed by atoms with van der Waals surface area (Å²) < 4.78 is 11.5. The van der Waals surface area contributed by atoms with Crippen molar-refractivity contribution in [3.8, 4) is 0 Å². The second-order valence-corrected chi connectivity index (χ2v) is 6.69. The molecule has 2 atom stereocenters. The number of benzene rings is 1. The van der Waals surface area contributed by atoms with Gasteiger partial charge >= 0.3 is 5.97 Å². The number of amides is 1. The van der Waals surface area contributed by atoms with Gasteiger partial charge in [-0.1, -0.05) is 12.1 Å². The molecule has 6 nitrogen and oxygen atoms in total. The molecule has 130 valence electrons. The van der Waals surface area contributed by atoms with Gasteiger partial charge in [0.2, 0.25) is 5.91 Å². The minimum atomic E-state index is -0.941. The molecule has 24 heavy (non-hydrogen) atoms. The summed E-state index contributed by atoms with van der Waals surface area (Å²) in [7, 11) is 0. The normalized spacial score (nSPS) is 26.7. The van der Waals surface area contributed by atoms with Gasteiger partial charge in [0.1, 0.15) is 5.60 Å². The molecule has 1 aromatic rings. The Labute approximate surface area is 141 Å². The minimum absolute atomic E-state index is 0.0132. The van der Waals surface area contributed by atoms with Crippen LogP contribution in [0.3, 0.4) is 0 Å². The molecule has 1 aromatic carbocycles. The number of hydrogen-bond donors (Lipinski definition) is 1. The minimum Gasteiger partial charge on any atom is -0.478 e. The Morgan fingerprint density at radius 1 is 1.33 bits per heavy atom. The Morgan fingerprint density at radius 3 is 2.71 bits per heavy atom. The monoisotopic (exact) mass is 333 g/mol. The van der Waals surface area contributed by atoms with E-state index >= 15 is 0 Å². The fraction of sp³-hybridized carbons (Fsp3) is 0.556. The van der Waals surface area contributed by atoms with Crippen molar-refractivity contribution in [3.05, 3.63) is 35.4 Å². The lowest BCUT2D eigenvalue weighted by Crippen LogP contribution is -2.57. The molecular formula is C18H23NO5. The van der Waals surface area contributed by atoms with Crippen LogP contribution in [0.5, 0.6) is 0 Å². The summed E-state index contributed by atoms with van der Waals surface area (Å²) in [5, 5.41) is 8.91. The summed E-state index contributed by atoms with van der Waals surface area (Å²) in [6.07, 6.45) is 1.86. The van der Waals surface area contributed by atoms with E-state index in [1.807, 2.05) is 11.8 Å². The van der Waals surface area contributed by atoms with Gasteiger partial charge < -0.3 is 19.5 Å². The third kappa shape index (κ3) is 3.76. The number of carboxylic acids is 1. The highest BCUT2D eigenvalue weighted by molar-refractivity contribution is 5.87. The molecule has 1 N–H and O–H groups in total. The van der Waals surface area contributed by atoms with Crippen LogP contribution in [0.25, 0.3) is 0 Å². The van der Waals surface area contributed by atoms with Crippen molar-refractivity contribution < 1.29 is 24.2 Å². The molecule has 2 fully saturated rings. The molecule has 0 unspecified atom stereocenters. The fourth-order valence-electron chi connectivity index (χ4n) is 3.44. The Kier molecular flexibility index (Phi) is 4.87. The van der Waals surface area contributed by atoms with Gasteiger partial charge in [0, 0.05) is 26.0 Å². The summed E-state index contributed by atoms with van der Waals surface area (Å²) >= 11 is 0. The van der Waals surface area contributed by atoms with Crippen molar-refractivity contribution >= 4 is 11.9 Å². The van der Waals surface area contributed by atoms with Crippen LogP contribution in [0, 0.1) is 0 Å². The largest absolute Gasteiger partial charge is 0.478 e. The van der Waals surface area contributed by atoms with Crippen molar-refractivity contribution in [3.63, 3.8) is 0 Å². The van der Waals surface area contributed by atoms with Gasteiger partial charge in [-0.15, -0.1) is 0 Å². The number of carboxylic acid groups (broad SMARTS) is 1. The topological polar surface area (TPSA) is 76.1 Å². The molecule has 0 saturated carbocycles. The number of rotatable bonds is 4. The van der Waals surface area contributed by atoms with E-state index in [2.05, 4.69) is 0 Å². The van der Waals surface area contributed by atoms with E-state index in [9.17, 15) is 9.59 Å². The molecule has 2 heterocycles. The van der Waals surface area contributed by atoms with Crippen LogP contribution in [-0.2, 0) is 20.7 Å². The third-order valence-electron chi connectivity index (χ3n) is 4.66. The van der Waals surface area contributed by atoms with Crippen LogP contribution in [0.2, 0.25) is 0 Å². The summed E-state index contributed by atoms with van der Waals surface area (Å²) in [4.78, 5) is 25.3. The molecule has 0 bridgehead atoms. The maximum atomic E-state index is 12.6. The van der Waals surface area contributed by atoms with Gasteiger partial charge in [-0.25, -0.2) is 4.79 Å². The summed E-state index contributed by atoms with van der Waals surface area (Å²) in [6.45, 7) is 4.43. The van der Waals surface area contributed by atoms with Crippen LogP contribution in [0.1, 0.15) is 35.7 Å². The second-order valence-electron chi connectivity index (χ2n) is 6.69. The first-order valence-electron chi connectivity index (χ1n) is 8.33.